The Morgan fingerprint density at radius 3 is 2.50 bits per heavy atom. The molecule has 1 aromatic rings. The molecule has 0 heterocycles. The average Bonchev–Trinajstić information content (AvgIpc) is 2.15. The molecule has 12 heavy (non-hydrogen) atoms. The monoisotopic (exact) mass is 165 g/mol. The van der Waals surface area contributed by atoms with E-state index in [1.54, 1.807) is 7.11 Å². The SMILES string of the molecule is CO[C@@H](CCN)c1ccccc1. The lowest BCUT2D eigenvalue weighted by atomic mass is 10.1. The summed E-state index contributed by atoms with van der Waals surface area (Å²) < 4.78 is 5.30. The van der Waals surface area contributed by atoms with Gasteiger partial charge in [-0.1, -0.05) is 30.3 Å². The first-order valence-electron chi connectivity index (χ1n) is 4.16. The van der Waals surface area contributed by atoms with Gasteiger partial charge in [0.05, 0.1) is 6.10 Å². The average molecular weight is 165 g/mol. The van der Waals surface area contributed by atoms with E-state index >= 15 is 0 Å². The van der Waals surface area contributed by atoms with Gasteiger partial charge in [0.2, 0.25) is 0 Å². The molecule has 1 rings (SSSR count). The fourth-order valence-electron chi connectivity index (χ4n) is 1.24. The maximum atomic E-state index is 5.46. The zero-order chi connectivity index (χ0) is 8.81. The number of hydrogen-bond donors (Lipinski definition) is 1. The minimum Gasteiger partial charge on any atom is -0.377 e. The van der Waals surface area contributed by atoms with Gasteiger partial charge in [-0.05, 0) is 18.5 Å². The van der Waals surface area contributed by atoms with E-state index in [9.17, 15) is 0 Å². The number of methoxy groups -OCH3 is 1. The maximum absolute atomic E-state index is 5.46. The molecule has 1 atom stereocenters. The van der Waals surface area contributed by atoms with Gasteiger partial charge < -0.3 is 10.5 Å². The molecular formula is C10H15NO. The Morgan fingerprint density at radius 1 is 1.33 bits per heavy atom. The molecule has 2 nitrogen and oxygen atoms in total. The number of rotatable bonds is 4. The van der Waals surface area contributed by atoms with Gasteiger partial charge in [0.1, 0.15) is 0 Å². The molecule has 2 heteroatoms. The molecule has 0 amide bonds. The van der Waals surface area contributed by atoms with E-state index in [0.717, 1.165) is 6.42 Å². The summed E-state index contributed by atoms with van der Waals surface area (Å²) in [6, 6.07) is 10.1. The van der Waals surface area contributed by atoms with E-state index in [-0.39, 0.29) is 6.10 Å². The van der Waals surface area contributed by atoms with Crippen molar-refractivity contribution in [1.82, 2.24) is 0 Å². The summed E-state index contributed by atoms with van der Waals surface area (Å²) in [6.45, 7) is 0.660. The lowest BCUT2D eigenvalue weighted by Gasteiger charge is -2.13. The summed E-state index contributed by atoms with van der Waals surface area (Å²) in [5, 5.41) is 0. The van der Waals surface area contributed by atoms with Gasteiger partial charge in [0.15, 0.2) is 0 Å². The third-order valence-electron chi connectivity index (χ3n) is 1.88. The number of nitrogens with two attached hydrogens (primary N) is 1. The van der Waals surface area contributed by atoms with Crippen molar-refractivity contribution in [3.63, 3.8) is 0 Å². The van der Waals surface area contributed by atoms with Crippen LogP contribution in [0.4, 0.5) is 0 Å². The van der Waals surface area contributed by atoms with Gasteiger partial charge in [0.25, 0.3) is 0 Å². The van der Waals surface area contributed by atoms with Crippen LogP contribution in [0.2, 0.25) is 0 Å². The van der Waals surface area contributed by atoms with Crippen molar-refractivity contribution in [2.24, 2.45) is 5.73 Å². The summed E-state index contributed by atoms with van der Waals surface area (Å²) in [6.07, 6.45) is 1.02. The van der Waals surface area contributed by atoms with E-state index in [1.807, 2.05) is 18.2 Å². The smallest absolute Gasteiger partial charge is 0.0833 e. The predicted octanol–water partition coefficient (Wildman–Crippen LogP) is 1.72. The van der Waals surface area contributed by atoms with Crippen LogP contribution in [0.15, 0.2) is 30.3 Å². The van der Waals surface area contributed by atoms with Crippen LogP contribution in [0.1, 0.15) is 18.1 Å². The molecule has 66 valence electrons. The van der Waals surface area contributed by atoms with Gasteiger partial charge in [-0.15, -0.1) is 0 Å². The van der Waals surface area contributed by atoms with Crippen molar-refractivity contribution in [1.29, 1.82) is 0 Å². The summed E-state index contributed by atoms with van der Waals surface area (Å²) in [5.74, 6) is 0. The van der Waals surface area contributed by atoms with E-state index in [0.29, 0.717) is 6.54 Å². The summed E-state index contributed by atoms with van der Waals surface area (Å²) in [5.41, 5.74) is 6.66. The van der Waals surface area contributed by atoms with Crippen LogP contribution in [0.3, 0.4) is 0 Å². The minimum atomic E-state index is 0.149. The first kappa shape index (κ1) is 9.23. The second kappa shape index (κ2) is 4.91. The van der Waals surface area contributed by atoms with Crippen LogP contribution in [0.25, 0.3) is 0 Å². The van der Waals surface area contributed by atoms with Crippen molar-refractivity contribution in [3.8, 4) is 0 Å². The van der Waals surface area contributed by atoms with Crippen molar-refractivity contribution in [2.45, 2.75) is 12.5 Å². The van der Waals surface area contributed by atoms with Gasteiger partial charge in [-0.3, -0.25) is 0 Å². The lowest BCUT2D eigenvalue weighted by molar-refractivity contribution is 0.0978. The Bertz CT molecular complexity index is 210. The highest BCUT2D eigenvalue weighted by Gasteiger charge is 2.07. The molecule has 0 spiro atoms. The minimum absolute atomic E-state index is 0.149. The topological polar surface area (TPSA) is 35.2 Å². The highest BCUT2D eigenvalue weighted by atomic mass is 16.5. The van der Waals surface area contributed by atoms with Crippen LogP contribution in [-0.2, 0) is 4.74 Å². The van der Waals surface area contributed by atoms with Crippen LogP contribution < -0.4 is 5.73 Å². The van der Waals surface area contributed by atoms with Gasteiger partial charge in [-0.2, -0.15) is 0 Å². The molecule has 1 aromatic carbocycles. The Kier molecular flexibility index (Phi) is 3.77. The molecule has 0 saturated carbocycles. The first-order chi connectivity index (χ1) is 5.88. The Hall–Kier alpha value is -0.860. The van der Waals surface area contributed by atoms with Gasteiger partial charge >= 0.3 is 0 Å². The Labute approximate surface area is 73.3 Å². The zero-order valence-electron chi connectivity index (χ0n) is 7.36. The molecule has 0 saturated heterocycles. The zero-order valence-corrected chi connectivity index (χ0v) is 7.36. The van der Waals surface area contributed by atoms with Crippen molar-refractivity contribution in [2.75, 3.05) is 13.7 Å². The van der Waals surface area contributed by atoms with E-state index in [2.05, 4.69) is 12.1 Å². The fraction of sp³-hybridized carbons (Fsp3) is 0.400. The van der Waals surface area contributed by atoms with Gasteiger partial charge in [-0.25, -0.2) is 0 Å². The number of benzene rings is 1. The number of hydrogen-bond acceptors (Lipinski definition) is 2. The standard InChI is InChI=1S/C10H15NO/c1-12-10(7-8-11)9-5-3-2-4-6-9/h2-6,10H,7-8,11H2,1H3/t10-/m0/s1. The molecule has 0 bridgehead atoms. The van der Waals surface area contributed by atoms with E-state index in [4.69, 9.17) is 10.5 Å². The molecule has 0 fully saturated rings. The molecule has 0 aliphatic heterocycles. The Balaban J connectivity index is 2.66. The summed E-state index contributed by atoms with van der Waals surface area (Å²) in [7, 11) is 1.72. The quantitative estimate of drug-likeness (QED) is 0.737. The fourth-order valence-corrected chi connectivity index (χ4v) is 1.24. The summed E-state index contributed by atoms with van der Waals surface area (Å²) >= 11 is 0. The van der Waals surface area contributed by atoms with Crippen molar-refractivity contribution in [3.05, 3.63) is 35.9 Å². The third-order valence-corrected chi connectivity index (χ3v) is 1.88. The third kappa shape index (κ3) is 2.32. The molecule has 0 aromatic heterocycles. The molecular weight excluding hydrogens is 150 g/mol. The second-order valence-corrected chi connectivity index (χ2v) is 2.71. The normalized spacial score (nSPS) is 12.8. The molecule has 2 N–H and O–H groups in total. The number of ether oxygens (including phenoxy) is 1. The van der Waals surface area contributed by atoms with Gasteiger partial charge in [0, 0.05) is 7.11 Å². The van der Waals surface area contributed by atoms with Crippen LogP contribution in [0.5, 0.6) is 0 Å². The van der Waals surface area contributed by atoms with Crippen LogP contribution >= 0.6 is 0 Å². The predicted molar refractivity (Wildman–Crippen MR) is 49.9 cm³/mol. The second-order valence-electron chi connectivity index (χ2n) is 2.71. The first-order valence-corrected chi connectivity index (χ1v) is 4.16. The van der Waals surface area contributed by atoms with Crippen LogP contribution in [-0.4, -0.2) is 13.7 Å². The maximum Gasteiger partial charge on any atom is 0.0833 e. The molecule has 0 radical (unpaired) electrons. The molecule has 0 unspecified atom stereocenters. The largest absolute Gasteiger partial charge is 0.377 e. The van der Waals surface area contributed by atoms with E-state index in [1.165, 1.54) is 5.56 Å². The molecule has 0 aliphatic rings. The van der Waals surface area contributed by atoms with Crippen LogP contribution in [0, 0.1) is 0 Å². The highest BCUT2D eigenvalue weighted by Crippen LogP contribution is 2.18. The Morgan fingerprint density at radius 2 is 2.00 bits per heavy atom. The highest BCUT2D eigenvalue weighted by molar-refractivity contribution is 5.17. The van der Waals surface area contributed by atoms with Crippen molar-refractivity contribution < 1.29 is 4.74 Å². The molecule has 0 aliphatic carbocycles. The van der Waals surface area contributed by atoms with E-state index < -0.39 is 0 Å². The lowest BCUT2D eigenvalue weighted by Crippen LogP contribution is -2.08. The van der Waals surface area contributed by atoms with Crippen molar-refractivity contribution >= 4 is 0 Å². The summed E-state index contributed by atoms with van der Waals surface area (Å²) in [4.78, 5) is 0.